The lowest BCUT2D eigenvalue weighted by molar-refractivity contribution is 0.0331. The molecule has 28 heavy (non-hydrogen) atoms. The SMILES string of the molecule is CCNC(=NCC(O)COCc1ccccc1)NCCN(C)CCCOC.I. The number of aliphatic imine (C=N–C) groups is 1. The zero-order valence-electron chi connectivity index (χ0n) is 17.4. The first-order valence-electron chi connectivity index (χ1n) is 9.65. The van der Waals surface area contributed by atoms with E-state index in [9.17, 15) is 5.11 Å². The van der Waals surface area contributed by atoms with Crippen LogP contribution in [0.4, 0.5) is 0 Å². The summed E-state index contributed by atoms with van der Waals surface area (Å²) in [4.78, 5) is 6.69. The second-order valence-corrected chi connectivity index (χ2v) is 6.45. The van der Waals surface area contributed by atoms with Gasteiger partial charge in [-0.15, -0.1) is 24.0 Å². The first-order chi connectivity index (χ1) is 13.2. The van der Waals surface area contributed by atoms with Crippen molar-refractivity contribution in [2.24, 2.45) is 4.99 Å². The molecule has 0 aliphatic heterocycles. The van der Waals surface area contributed by atoms with Crippen molar-refractivity contribution in [1.82, 2.24) is 15.5 Å². The van der Waals surface area contributed by atoms with Gasteiger partial charge in [-0.3, -0.25) is 4.99 Å². The summed E-state index contributed by atoms with van der Waals surface area (Å²) >= 11 is 0. The molecule has 3 N–H and O–H groups in total. The summed E-state index contributed by atoms with van der Waals surface area (Å²) in [5.41, 5.74) is 1.10. The Bertz CT molecular complexity index is 505. The molecular weight excluding hydrogens is 471 g/mol. The van der Waals surface area contributed by atoms with Crippen molar-refractivity contribution < 1.29 is 14.6 Å². The van der Waals surface area contributed by atoms with Gasteiger partial charge in [-0.1, -0.05) is 30.3 Å². The van der Waals surface area contributed by atoms with Gasteiger partial charge >= 0.3 is 0 Å². The Hall–Kier alpha value is -0.940. The minimum absolute atomic E-state index is 0. The monoisotopic (exact) mass is 508 g/mol. The van der Waals surface area contributed by atoms with E-state index in [0.29, 0.717) is 19.1 Å². The molecule has 7 nitrogen and oxygen atoms in total. The molecule has 0 saturated carbocycles. The van der Waals surface area contributed by atoms with Gasteiger partial charge in [0, 0.05) is 39.9 Å². The number of likely N-dealkylation sites (N-methyl/N-ethyl adjacent to an activating group) is 1. The highest BCUT2D eigenvalue weighted by atomic mass is 127. The van der Waals surface area contributed by atoms with Crippen LogP contribution in [0.2, 0.25) is 0 Å². The third-order valence-corrected chi connectivity index (χ3v) is 3.90. The zero-order chi connectivity index (χ0) is 19.7. The van der Waals surface area contributed by atoms with Crippen molar-refractivity contribution in [1.29, 1.82) is 0 Å². The fourth-order valence-electron chi connectivity index (χ4n) is 2.43. The van der Waals surface area contributed by atoms with E-state index >= 15 is 0 Å². The van der Waals surface area contributed by atoms with Crippen molar-refractivity contribution in [2.75, 3.05) is 60.1 Å². The standard InChI is InChI=1S/C20H36N4O3.HI/c1-4-21-20(22-11-13-24(2)12-8-14-26-3)23-15-19(25)17-27-16-18-9-6-5-7-10-18;/h5-7,9-10,19,25H,4,8,11-17H2,1-3H3,(H2,21,22,23);1H. The molecule has 0 fully saturated rings. The summed E-state index contributed by atoms with van der Waals surface area (Å²) in [5.74, 6) is 0.713. The maximum absolute atomic E-state index is 10.1. The molecule has 0 amide bonds. The molecule has 1 unspecified atom stereocenters. The number of hydrogen-bond donors (Lipinski definition) is 3. The lowest BCUT2D eigenvalue weighted by atomic mass is 10.2. The Morgan fingerprint density at radius 3 is 2.64 bits per heavy atom. The third-order valence-electron chi connectivity index (χ3n) is 3.90. The Balaban J connectivity index is 0.00000729. The van der Waals surface area contributed by atoms with Crippen molar-refractivity contribution in [3.8, 4) is 0 Å². The molecule has 1 atom stereocenters. The molecule has 1 rings (SSSR count). The van der Waals surface area contributed by atoms with E-state index in [4.69, 9.17) is 9.47 Å². The molecule has 162 valence electrons. The summed E-state index contributed by atoms with van der Waals surface area (Å²) in [5, 5.41) is 16.6. The summed E-state index contributed by atoms with van der Waals surface area (Å²) < 4.78 is 10.6. The predicted molar refractivity (Wildman–Crippen MR) is 125 cm³/mol. The van der Waals surface area contributed by atoms with Gasteiger partial charge in [-0.25, -0.2) is 0 Å². The number of halogens is 1. The van der Waals surface area contributed by atoms with Gasteiger partial charge in [0.05, 0.1) is 25.9 Å². The lowest BCUT2D eigenvalue weighted by Gasteiger charge is -2.18. The molecule has 0 bridgehead atoms. The first kappa shape index (κ1) is 27.1. The van der Waals surface area contributed by atoms with E-state index in [0.717, 1.165) is 44.8 Å². The Morgan fingerprint density at radius 2 is 1.96 bits per heavy atom. The predicted octanol–water partition coefficient (Wildman–Crippen LogP) is 1.71. The van der Waals surface area contributed by atoms with Crippen LogP contribution in [-0.2, 0) is 16.1 Å². The first-order valence-corrected chi connectivity index (χ1v) is 9.65. The topological polar surface area (TPSA) is 78.4 Å². The lowest BCUT2D eigenvalue weighted by Crippen LogP contribution is -2.41. The molecule has 1 aromatic rings. The largest absolute Gasteiger partial charge is 0.389 e. The molecule has 0 radical (unpaired) electrons. The Kier molecular flexibility index (Phi) is 17.5. The fourth-order valence-corrected chi connectivity index (χ4v) is 2.43. The van der Waals surface area contributed by atoms with Gasteiger partial charge in [0.1, 0.15) is 0 Å². The van der Waals surface area contributed by atoms with Gasteiger partial charge in [-0.2, -0.15) is 0 Å². The summed E-state index contributed by atoms with van der Waals surface area (Å²) in [6, 6.07) is 9.93. The van der Waals surface area contributed by atoms with Crippen LogP contribution < -0.4 is 10.6 Å². The summed E-state index contributed by atoms with van der Waals surface area (Å²) in [6.07, 6.45) is 0.400. The van der Waals surface area contributed by atoms with E-state index in [-0.39, 0.29) is 30.6 Å². The normalized spacial score (nSPS) is 12.5. The number of aliphatic hydroxyl groups is 1. The molecular formula is C20H37IN4O3. The van der Waals surface area contributed by atoms with Gasteiger partial charge in [0.2, 0.25) is 0 Å². The number of benzene rings is 1. The second kappa shape index (κ2) is 18.1. The highest BCUT2D eigenvalue weighted by molar-refractivity contribution is 14.0. The zero-order valence-corrected chi connectivity index (χ0v) is 19.7. The number of hydrogen-bond acceptors (Lipinski definition) is 5. The van der Waals surface area contributed by atoms with Crippen molar-refractivity contribution in [3.05, 3.63) is 35.9 Å². The smallest absolute Gasteiger partial charge is 0.191 e. The number of ether oxygens (including phenoxy) is 2. The minimum atomic E-state index is -0.624. The van der Waals surface area contributed by atoms with E-state index in [1.807, 2.05) is 37.3 Å². The van der Waals surface area contributed by atoms with Crippen LogP contribution in [0.3, 0.4) is 0 Å². The number of rotatable bonds is 14. The number of guanidine groups is 1. The van der Waals surface area contributed by atoms with Gasteiger partial charge in [-0.05, 0) is 26.0 Å². The number of methoxy groups -OCH3 is 1. The Morgan fingerprint density at radius 1 is 1.21 bits per heavy atom. The van der Waals surface area contributed by atoms with Gasteiger partial charge in [0.25, 0.3) is 0 Å². The molecule has 0 heterocycles. The molecule has 0 saturated heterocycles. The average Bonchev–Trinajstić information content (AvgIpc) is 2.67. The summed E-state index contributed by atoms with van der Waals surface area (Å²) in [6.45, 7) is 7.34. The summed E-state index contributed by atoms with van der Waals surface area (Å²) in [7, 11) is 3.82. The van der Waals surface area contributed by atoms with Crippen LogP contribution in [0.5, 0.6) is 0 Å². The number of nitrogens with zero attached hydrogens (tertiary/aromatic N) is 2. The van der Waals surface area contributed by atoms with Crippen LogP contribution in [0.25, 0.3) is 0 Å². The van der Waals surface area contributed by atoms with Gasteiger partial charge < -0.3 is 30.1 Å². The van der Waals surface area contributed by atoms with E-state index in [2.05, 4.69) is 27.6 Å². The van der Waals surface area contributed by atoms with Gasteiger partial charge in [0.15, 0.2) is 5.96 Å². The maximum atomic E-state index is 10.1. The van der Waals surface area contributed by atoms with Crippen LogP contribution in [0.1, 0.15) is 18.9 Å². The average molecular weight is 508 g/mol. The molecule has 1 aromatic carbocycles. The molecule has 0 aliphatic rings. The quantitative estimate of drug-likeness (QED) is 0.154. The molecule has 0 spiro atoms. The molecule has 8 heteroatoms. The highest BCUT2D eigenvalue weighted by Gasteiger charge is 2.06. The van der Waals surface area contributed by atoms with Crippen LogP contribution >= 0.6 is 24.0 Å². The molecule has 0 aromatic heterocycles. The molecule has 0 aliphatic carbocycles. The second-order valence-electron chi connectivity index (χ2n) is 6.45. The van der Waals surface area contributed by atoms with Crippen molar-refractivity contribution in [3.63, 3.8) is 0 Å². The maximum Gasteiger partial charge on any atom is 0.191 e. The minimum Gasteiger partial charge on any atom is -0.389 e. The third kappa shape index (κ3) is 14.1. The van der Waals surface area contributed by atoms with Crippen LogP contribution in [-0.4, -0.2) is 82.2 Å². The fraction of sp³-hybridized carbons (Fsp3) is 0.650. The van der Waals surface area contributed by atoms with Crippen molar-refractivity contribution >= 4 is 29.9 Å². The van der Waals surface area contributed by atoms with Crippen LogP contribution in [0, 0.1) is 0 Å². The van der Waals surface area contributed by atoms with E-state index < -0.39 is 6.10 Å². The van der Waals surface area contributed by atoms with E-state index in [1.165, 1.54) is 0 Å². The Labute approximate surface area is 186 Å². The van der Waals surface area contributed by atoms with Crippen molar-refractivity contribution in [2.45, 2.75) is 26.1 Å². The number of aliphatic hydroxyl groups excluding tert-OH is 1. The number of nitrogens with one attached hydrogen (secondary N) is 2. The highest BCUT2D eigenvalue weighted by Crippen LogP contribution is 2.01. The van der Waals surface area contributed by atoms with E-state index in [1.54, 1.807) is 7.11 Å². The van der Waals surface area contributed by atoms with Crippen LogP contribution in [0.15, 0.2) is 35.3 Å².